The van der Waals surface area contributed by atoms with Gasteiger partial charge in [-0.1, -0.05) is 12.1 Å². The van der Waals surface area contributed by atoms with Crippen LogP contribution in [0.3, 0.4) is 0 Å². The van der Waals surface area contributed by atoms with Gasteiger partial charge in [0.2, 0.25) is 0 Å². The molecule has 0 aliphatic carbocycles. The Morgan fingerprint density at radius 1 is 1.53 bits per heavy atom. The van der Waals surface area contributed by atoms with Crippen molar-refractivity contribution >= 4 is 11.7 Å². The van der Waals surface area contributed by atoms with Crippen molar-refractivity contribution < 1.29 is 4.79 Å². The van der Waals surface area contributed by atoms with Crippen molar-refractivity contribution in [3.8, 4) is 6.07 Å². The first-order chi connectivity index (χ1) is 7.24. The van der Waals surface area contributed by atoms with Crippen molar-refractivity contribution in [1.29, 1.82) is 5.26 Å². The molecule has 4 heteroatoms. The second-order valence-electron chi connectivity index (χ2n) is 3.46. The summed E-state index contributed by atoms with van der Waals surface area (Å²) in [6.07, 6.45) is 0. The summed E-state index contributed by atoms with van der Waals surface area (Å²) in [5.74, 6) is 0. The fourth-order valence-electron chi connectivity index (χ4n) is 1.72. The van der Waals surface area contributed by atoms with Gasteiger partial charge in [-0.25, -0.2) is 4.79 Å². The van der Waals surface area contributed by atoms with E-state index in [0.717, 1.165) is 5.56 Å². The van der Waals surface area contributed by atoms with Crippen LogP contribution in [0.2, 0.25) is 0 Å². The van der Waals surface area contributed by atoms with Crippen LogP contribution in [0.15, 0.2) is 18.2 Å². The van der Waals surface area contributed by atoms with Gasteiger partial charge in [0.1, 0.15) is 6.07 Å². The van der Waals surface area contributed by atoms with Crippen LogP contribution in [0.25, 0.3) is 0 Å². The number of nitriles is 1. The van der Waals surface area contributed by atoms with Gasteiger partial charge in [-0.2, -0.15) is 5.26 Å². The van der Waals surface area contributed by atoms with Crippen LogP contribution >= 0.6 is 0 Å². The number of nitrogens with one attached hydrogen (secondary N) is 1. The lowest BCUT2D eigenvalue weighted by molar-refractivity contribution is 0.252. The van der Waals surface area contributed by atoms with Crippen LogP contribution in [-0.4, -0.2) is 19.1 Å². The van der Waals surface area contributed by atoms with Gasteiger partial charge in [0.15, 0.2) is 0 Å². The van der Waals surface area contributed by atoms with E-state index in [1.807, 2.05) is 19.1 Å². The smallest absolute Gasteiger partial charge is 0.322 e. The van der Waals surface area contributed by atoms with Gasteiger partial charge in [-0.05, 0) is 18.6 Å². The second-order valence-corrected chi connectivity index (χ2v) is 3.46. The zero-order chi connectivity index (χ0) is 10.8. The Labute approximate surface area is 88.1 Å². The molecule has 0 unspecified atom stereocenters. The molecule has 0 spiro atoms. The first kappa shape index (κ1) is 9.53. The summed E-state index contributed by atoms with van der Waals surface area (Å²) in [4.78, 5) is 13.1. The fourth-order valence-corrected chi connectivity index (χ4v) is 1.72. The average molecular weight is 201 g/mol. The Morgan fingerprint density at radius 3 is 2.93 bits per heavy atom. The van der Waals surface area contributed by atoms with E-state index in [4.69, 9.17) is 5.26 Å². The molecule has 0 atom stereocenters. The maximum atomic E-state index is 11.5. The molecule has 76 valence electrons. The minimum atomic E-state index is -0.128. The van der Waals surface area contributed by atoms with Gasteiger partial charge in [0.05, 0.1) is 11.3 Å². The molecule has 1 heterocycles. The minimum absolute atomic E-state index is 0.128. The molecule has 1 aliphatic heterocycles. The molecule has 1 saturated heterocycles. The number of nitrogens with zero attached hydrogens (tertiary/aromatic N) is 2. The van der Waals surface area contributed by atoms with E-state index in [1.54, 1.807) is 11.0 Å². The highest BCUT2D eigenvalue weighted by Gasteiger charge is 2.23. The maximum Gasteiger partial charge on any atom is 0.322 e. The number of carbonyl (C=O) groups is 1. The maximum absolute atomic E-state index is 11.5. The highest BCUT2D eigenvalue weighted by atomic mass is 16.2. The molecule has 0 aromatic heterocycles. The lowest BCUT2D eigenvalue weighted by atomic mass is 10.1. The van der Waals surface area contributed by atoms with Crippen molar-refractivity contribution in [2.45, 2.75) is 6.92 Å². The lowest BCUT2D eigenvalue weighted by Crippen LogP contribution is -2.28. The summed E-state index contributed by atoms with van der Waals surface area (Å²) in [7, 11) is 0. The van der Waals surface area contributed by atoms with Crippen molar-refractivity contribution in [2.75, 3.05) is 18.0 Å². The molecule has 0 radical (unpaired) electrons. The molecule has 0 bridgehead atoms. The number of amides is 2. The standard InChI is InChI=1S/C11H11N3O/c1-8-3-2-4-10(9(8)7-12)14-6-5-13-11(14)15/h2-4H,5-6H2,1H3,(H,13,15). The molecule has 1 N–H and O–H groups in total. The van der Waals surface area contributed by atoms with Crippen molar-refractivity contribution in [3.63, 3.8) is 0 Å². The number of hydrogen-bond donors (Lipinski definition) is 1. The highest BCUT2D eigenvalue weighted by molar-refractivity contribution is 5.95. The van der Waals surface area contributed by atoms with E-state index in [0.29, 0.717) is 24.3 Å². The van der Waals surface area contributed by atoms with Crippen LogP contribution in [0, 0.1) is 18.3 Å². The third-order valence-electron chi connectivity index (χ3n) is 2.51. The van der Waals surface area contributed by atoms with Crippen molar-refractivity contribution in [1.82, 2.24) is 5.32 Å². The molecule has 0 saturated carbocycles. The van der Waals surface area contributed by atoms with Crippen molar-refractivity contribution in [3.05, 3.63) is 29.3 Å². The molecule has 1 aromatic rings. The molecule has 2 amide bonds. The zero-order valence-corrected chi connectivity index (χ0v) is 8.45. The van der Waals surface area contributed by atoms with Gasteiger partial charge >= 0.3 is 6.03 Å². The molecular weight excluding hydrogens is 190 g/mol. The number of aryl methyl sites for hydroxylation is 1. The highest BCUT2D eigenvalue weighted by Crippen LogP contribution is 2.23. The Morgan fingerprint density at radius 2 is 2.33 bits per heavy atom. The van der Waals surface area contributed by atoms with Crippen LogP contribution in [0.5, 0.6) is 0 Å². The van der Waals surface area contributed by atoms with E-state index < -0.39 is 0 Å². The number of urea groups is 1. The largest absolute Gasteiger partial charge is 0.336 e. The zero-order valence-electron chi connectivity index (χ0n) is 8.45. The molecule has 2 rings (SSSR count). The minimum Gasteiger partial charge on any atom is -0.336 e. The van der Waals surface area contributed by atoms with Gasteiger partial charge < -0.3 is 5.32 Å². The number of benzene rings is 1. The topological polar surface area (TPSA) is 56.1 Å². The number of rotatable bonds is 1. The van der Waals surface area contributed by atoms with Crippen LogP contribution in [-0.2, 0) is 0 Å². The SMILES string of the molecule is Cc1cccc(N2CCNC2=O)c1C#N. The monoisotopic (exact) mass is 201 g/mol. The Balaban J connectivity index is 2.48. The summed E-state index contributed by atoms with van der Waals surface area (Å²) < 4.78 is 0. The first-order valence-electron chi connectivity index (χ1n) is 4.79. The Kier molecular flexibility index (Phi) is 2.30. The summed E-state index contributed by atoms with van der Waals surface area (Å²) in [5.41, 5.74) is 2.18. The molecular formula is C11H11N3O. The normalized spacial score (nSPS) is 14.9. The number of carbonyl (C=O) groups excluding carboxylic acids is 1. The quantitative estimate of drug-likeness (QED) is 0.746. The predicted molar refractivity (Wildman–Crippen MR) is 56.6 cm³/mol. The first-order valence-corrected chi connectivity index (χ1v) is 4.79. The third kappa shape index (κ3) is 1.52. The molecule has 1 fully saturated rings. The number of hydrogen-bond acceptors (Lipinski definition) is 2. The van der Waals surface area contributed by atoms with E-state index in [9.17, 15) is 4.79 Å². The van der Waals surface area contributed by atoms with Gasteiger partial charge in [-0.15, -0.1) is 0 Å². The van der Waals surface area contributed by atoms with Crippen molar-refractivity contribution in [2.24, 2.45) is 0 Å². The summed E-state index contributed by atoms with van der Waals surface area (Å²) in [5, 5.41) is 11.8. The Hall–Kier alpha value is -2.02. The van der Waals surface area contributed by atoms with E-state index in [-0.39, 0.29) is 6.03 Å². The van der Waals surface area contributed by atoms with Gasteiger partial charge in [0.25, 0.3) is 0 Å². The summed E-state index contributed by atoms with van der Waals surface area (Å²) in [6.45, 7) is 3.13. The average Bonchev–Trinajstić information content (AvgIpc) is 2.64. The molecule has 1 aliphatic rings. The van der Waals surface area contributed by atoms with Crippen LogP contribution < -0.4 is 10.2 Å². The lowest BCUT2D eigenvalue weighted by Gasteiger charge is -2.16. The molecule has 1 aromatic carbocycles. The van der Waals surface area contributed by atoms with Crippen LogP contribution in [0.1, 0.15) is 11.1 Å². The number of anilines is 1. The van der Waals surface area contributed by atoms with Crippen LogP contribution in [0.4, 0.5) is 10.5 Å². The van der Waals surface area contributed by atoms with Gasteiger partial charge in [-0.3, -0.25) is 4.90 Å². The Bertz CT molecular complexity index is 448. The molecule has 4 nitrogen and oxygen atoms in total. The van der Waals surface area contributed by atoms with Gasteiger partial charge in [0, 0.05) is 13.1 Å². The van der Waals surface area contributed by atoms with E-state index in [2.05, 4.69) is 11.4 Å². The fraction of sp³-hybridized carbons (Fsp3) is 0.273. The summed E-state index contributed by atoms with van der Waals surface area (Å²) in [6, 6.07) is 7.54. The molecule has 15 heavy (non-hydrogen) atoms. The summed E-state index contributed by atoms with van der Waals surface area (Å²) >= 11 is 0. The van der Waals surface area contributed by atoms with E-state index >= 15 is 0 Å². The van der Waals surface area contributed by atoms with E-state index in [1.165, 1.54) is 0 Å². The third-order valence-corrected chi connectivity index (χ3v) is 2.51. The predicted octanol–water partition coefficient (Wildman–Crippen LogP) is 1.40. The second kappa shape index (κ2) is 3.62.